The highest BCUT2D eigenvalue weighted by molar-refractivity contribution is 6.22. The molecule has 1 heterocycles. The van der Waals surface area contributed by atoms with Crippen LogP contribution in [-0.4, -0.2) is 17.8 Å². The van der Waals surface area contributed by atoms with E-state index >= 15 is 0 Å². The van der Waals surface area contributed by atoms with E-state index in [-0.39, 0.29) is 29.2 Å². The minimum absolute atomic E-state index is 0.0431. The molecule has 0 saturated carbocycles. The first-order valence-corrected chi connectivity index (χ1v) is 7.24. The second-order valence-electron chi connectivity index (χ2n) is 6.03. The number of allylic oxidation sites excluding steroid dienone is 2. The van der Waals surface area contributed by atoms with Crippen molar-refractivity contribution in [3.8, 4) is 0 Å². The first-order chi connectivity index (χ1) is 10.4. The molecule has 1 aromatic rings. The van der Waals surface area contributed by atoms with Gasteiger partial charge in [-0.15, -0.1) is 0 Å². The van der Waals surface area contributed by atoms with Crippen molar-refractivity contribution in [3.63, 3.8) is 0 Å². The van der Waals surface area contributed by atoms with Gasteiger partial charge < -0.3 is 9.90 Å². The summed E-state index contributed by atoms with van der Waals surface area (Å²) in [6, 6.07) is 5.78. The number of anilines is 1. The van der Waals surface area contributed by atoms with Gasteiger partial charge in [0.2, 0.25) is 11.8 Å². The maximum absolute atomic E-state index is 12.6. The number of carbonyl (C=O) groups excluding carboxylic acids is 3. The fraction of sp³-hybridized carbons (Fsp3) is 0.353. The Labute approximate surface area is 128 Å². The van der Waals surface area contributed by atoms with Gasteiger partial charge in [-0.3, -0.25) is 14.5 Å². The number of carboxylic acids is 1. The molecule has 1 aliphatic heterocycles. The van der Waals surface area contributed by atoms with Crippen molar-refractivity contribution in [2.75, 3.05) is 4.90 Å². The molecule has 1 fully saturated rings. The van der Waals surface area contributed by atoms with Gasteiger partial charge in [0, 0.05) is 0 Å². The lowest BCUT2D eigenvalue weighted by molar-refractivity contribution is -0.255. The van der Waals surface area contributed by atoms with Crippen molar-refractivity contribution in [1.29, 1.82) is 0 Å². The maximum Gasteiger partial charge on any atom is 0.238 e. The Balaban J connectivity index is 1.97. The van der Waals surface area contributed by atoms with E-state index in [2.05, 4.69) is 0 Å². The number of imide groups is 1. The van der Waals surface area contributed by atoms with Crippen LogP contribution in [0.4, 0.5) is 5.69 Å². The second-order valence-corrected chi connectivity index (χ2v) is 6.03. The maximum atomic E-state index is 12.6. The van der Waals surface area contributed by atoms with Crippen LogP contribution in [0, 0.1) is 11.8 Å². The minimum Gasteiger partial charge on any atom is -0.545 e. The average molecular weight is 298 g/mol. The highest BCUT2D eigenvalue weighted by atomic mass is 16.4. The predicted molar refractivity (Wildman–Crippen MR) is 77.9 cm³/mol. The Morgan fingerprint density at radius 1 is 1.09 bits per heavy atom. The number of rotatable bonds is 2. The molecule has 0 bridgehead atoms. The molecule has 0 unspecified atom stereocenters. The van der Waals surface area contributed by atoms with E-state index in [0.717, 1.165) is 16.0 Å². The summed E-state index contributed by atoms with van der Waals surface area (Å²) in [5.74, 6) is -2.47. The van der Waals surface area contributed by atoms with Crippen molar-refractivity contribution >= 4 is 23.5 Å². The van der Waals surface area contributed by atoms with Crippen LogP contribution in [0.25, 0.3) is 0 Å². The summed E-state index contributed by atoms with van der Waals surface area (Å²) < 4.78 is 0. The van der Waals surface area contributed by atoms with E-state index in [4.69, 9.17) is 0 Å². The van der Waals surface area contributed by atoms with Crippen molar-refractivity contribution < 1.29 is 19.5 Å². The van der Waals surface area contributed by atoms with E-state index in [1.807, 2.05) is 13.8 Å². The molecule has 114 valence electrons. The lowest BCUT2D eigenvalue weighted by Gasteiger charge is -2.23. The molecule has 0 radical (unpaired) electrons. The largest absolute Gasteiger partial charge is 0.545 e. The van der Waals surface area contributed by atoms with Crippen LogP contribution in [0.2, 0.25) is 0 Å². The number of amides is 2. The summed E-state index contributed by atoms with van der Waals surface area (Å²) in [5.41, 5.74) is 2.58. The second kappa shape index (κ2) is 5.09. The number of hydrogen-bond acceptors (Lipinski definition) is 4. The Morgan fingerprint density at radius 2 is 1.64 bits per heavy atom. The molecule has 0 spiro atoms. The number of nitrogens with zero attached hydrogens (tertiary/aromatic N) is 1. The Kier molecular flexibility index (Phi) is 3.35. The third kappa shape index (κ3) is 2.13. The SMILES string of the molecule is CC1=C(C)C[C@H]2C(=O)N(c3cccc(C(=O)[O-])c3)C(=O)[C@H]2C1. The van der Waals surface area contributed by atoms with Crippen LogP contribution in [-0.2, 0) is 9.59 Å². The van der Waals surface area contributed by atoms with Gasteiger partial charge in [0.1, 0.15) is 0 Å². The zero-order valence-electron chi connectivity index (χ0n) is 12.5. The lowest BCUT2D eigenvalue weighted by Crippen LogP contribution is -2.31. The van der Waals surface area contributed by atoms with E-state index in [9.17, 15) is 19.5 Å². The molecule has 2 amide bonds. The van der Waals surface area contributed by atoms with Crippen LogP contribution in [0.1, 0.15) is 37.0 Å². The van der Waals surface area contributed by atoms with Crippen molar-refractivity contribution in [2.45, 2.75) is 26.7 Å². The smallest absolute Gasteiger partial charge is 0.238 e. The van der Waals surface area contributed by atoms with E-state index < -0.39 is 5.97 Å². The molecular formula is C17H16NO4-. The molecule has 1 aliphatic carbocycles. The number of hydrogen-bond donors (Lipinski definition) is 0. The van der Waals surface area contributed by atoms with Gasteiger partial charge in [-0.1, -0.05) is 23.3 Å². The van der Waals surface area contributed by atoms with E-state index in [0.29, 0.717) is 18.5 Å². The quantitative estimate of drug-likeness (QED) is 0.609. The zero-order chi connectivity index (χ0) is 16.0. The Morgan fingerprint density at radius 3 is 2.14 bits per heavy atom. The van der Waals surface area contributed by atoms with E-state index in [1.54, 1.807) is 6.07 Å². The summed E-state index contributed by atoms with van der Waals surface area (Å²) in [5, 5.41) is 11.0. The summed E-state index contributed by atoms with van der Waals surface area (Å²) in [6.45, 7) is 3.98. The van der Waals surface area contributed by atoms with Crippen LogP contribution >= 0.6 is 0 Å². The summed E-state index contributed by atoms with van der Waals surface area (Å²) in [6.07, 6.45) is 1.19. The van der Waals surface area contributed by atoms with Gasteiger partial charge in [0.15, 0.2) is 0 Å². The Bertz CT molecular complexity index is 687. The summed E-state index contributed by atoms with van der Waals surface area (Å²) in [7, 11) is 0. The monoisotopic (exact) mass is 298 g/mol. The number of benzene rings is 1. The molecule has 22 heavy (non-hydrogen) atoms. The third-order valence-corrected chi connectivity index (χ3v) is 4.68. The molecule has 2 atom stereocenters. The summed E-state index contributed by atoms with van der Waals surface area (Å²) >= 11 is 0. The first kappa shape index (κ1) is 14.5. The van der Waals surface area contributed by atoms with E-state index in [1.165, 1.54) is 18.2 Å². The zero-order valence-corrected chi connectivity index (χ0v) is 12.5. The van der Waals surface area contributed by atoms with Gasteiger partial charge in [0.05, 0.1) is 23.5 Å². The predicted octanol–water partition coefficient (Wildman–Crippen LogP) is 1.29. The number of carbonyl (C=O) groups is 3. The van der Waals surface area contributed by atoms with Crippen molar-refractivity contribution in [2.24, 2.45) is 11.8 Å². The normalized spacial score (nSPS) is 24.7. The molecule has 5 heteroatoms. The minimum atomic E-state index is -1.33. The molecule has 1 saturated heterocycles. The molecule has 0 aromatic heterocycles. The standard InChI is InChI=1S/C17H17NO4/c1-9-6-13-14(7-10(9)2)16(20)18(15(13)19)12-5-3-4-11(8-12)17(21)22/h3-5,8,13-14H,6-7H2,1-2H3,(H,21,22)/p-1/t13-,14+. The number of fused-ring (bicyclic) bond motifs is 1. The van der Waals surface area contributed by atoms with Crippen LogP contribution < -0.4 is 10.0 Å². The highest BCUT2D eigenvalue weighted by Gasteiger charge is 2.49. The van der Waals surface area contributed by atoms with Gasteiger partial charge >= 0.3 is 0 Å². The van der Waals surface area contributed by atoms with Gasteiger partial charge in [-0.25, -0.2) is 0 Å². The molecule has 5 nitrogen and oxygen atoms in total. The molecule has 0 N–H and O–H groups in total. The van der Waals surface area contributed by atoms with Crippen molar-refractivity contribution in [1.82, 2.24) is 0 Å². The molecular weight excluding hydrogens is 282 g/mol. The third-order valence-electron chi connectivity index (χ3n) is 4.68. The Hall–Kier alpha value is -2.43. The molecule has 1 aromatic carbocycles. The first-order valence-electron chi connectivity index (χ1n) is 7.24. The van der Waals surface area contributed by atoms with Crippen molar-refractivity contribution in [3.05, 3.63) is 41.0 Å². The van der Waals surface area contributed by atoms with Gasteiger partial charge in [-0.2, -0.15) is 0 Å². The fourth-order valence-electron chi connectivity index (χ4n) is 3.28. The molecule has 2 aliphatic rings. The van der Waals surface area contributed by atoms with Crippen LogP contribution in [0.3, 0.4) is 0 Å². The number of carboxylic acid groups (broad SMARTS) is 1. The topological polar surface area (TPSA) is 77.5 Å². The van der Waals surface area contributed by atoms with Crippen LogP contribution in [0.15, 0.2) is 35.4 Å². The fourth-order valence-corrected chi connectivity index (χ4v) is 3.28. The highest BCUT2D eigenvalue weighted by Crippen LogP contribution is 2.42. The summed E-state index contributed by atoms with van der Waals surface area (Å²) in [4.78, 5) is 37.3. The van der Waals surface area contributed by atoms with Gasteiger partial charge in [0.25, 0.3) is 0 Å². The average Bonchev–Trinajstić information content (AvgIpc) is 2.71. The number of aromatic carboxylic acids is 1. The lowest BCUT2D eigenvalue weighted by atomic mass is 9.78. The van der Waals surface area contributed by atoms with Crippen LogP contribution in [0.5, 0.6) is 0 Å². The molecule has 3 rings (SSSR count). The van der Waals surface area contributed by atoms with Gasteiger partial charge in [-0.05, 0) is 44.4 Å².